The van der Waals surface area contributed by atoms with Crippen LogP contribution in [0.25, 0.3) is 5.69 Å². The van der Waals surface area contributed by atoms with Gasteiger partial charge in [-0.15, -0.1) is 0 Å². The summed E-state index contributed by atoms with van der Waals surface area (Å²) in [6.07, 6.45) is 7.91. The van der Waals surface area contributed by atoms with E-state index in [2.05, 4.69) is 22.4 Å². The minimum atomic E-state index is -0.537. The van der Waals surface area contributed by atoms with Crippen LogP contribution in [0.3, 0.4) is 0 Å². The third-order valence-corrected chi connectivity index (χ3v) is 5.51. The highest BCUT2D eigenvalue weighted by atomic mass is 16.5. The van der Waals surface area contributed by atoms with Crippen LogP contribution in [-0.4, -0.2) is 21.6 Å². The third kappa shape index (κ3) is 4.50. The highest BCUT2D eigenvalue weighted by Gasteiger charge is 2.16. The molecule has 150 valence electrons. The van der Waals surface area contributed by atoms with E-state index < -0.39 is 6.10 Å². The Morgan fingerprint density at radius 1 is 1.14 bits per heavy atom. The van der Waals surface area contributed by atoms with E-state index >= 15 is 0 Å². The number of nitrogens with zero attached hydrogens (tertiary/aromatic N) is 2. The molecule has 5 heteroatoms. The van der Waals surface area contributed by atoms with Gasteiger partial charge in [-0.1, -0.05) is 18.2 Å². The van der Waals surface area contributed by atoms with Gasteiger partial charge in [0, 0.05) is 24.6 Å². The minimum absolute atomic E-state index is 0.114. The van der Waals surface area contributed by atoms with Gasteiger partial charge >= 0.3 is 0 Å². The van der Waals surface area contributed by atoms with Crippen LogP contribution in [0.15, 0.2) is 54.9 Å². The summed E-state index contributed by atoms with van der Waals surface area (Å²) in [6.45, 7) is 4.23. The number of amides is 1. The largest absolute Gasteiger partial charge is 0.481 e. The third-order valence-electron chi connectivity index (χ3n) is 5.51. The maximum Gasteiger partial charge on any atom is 0.261 e. The van der Waals surface area contributed by atoms with Crippen molar-refractivity contribution in [2.75, 3.05) is 0 Å². The number of fused-ring (bicyclic) bond motifs is 1. The number of imidazole rings is 1. The Balaban J connectivity index is 1.31. The molecular weight excluding hydrogens is 362 g/mol. The van der Waals surface area contributed by atoms with E-state index in [-0.39, 0.29) is 5.91 Å². The Hall–Kier alpha value is -3.08. The van der Waals surface area contributed by atoms with Crippen molar-refractivity contribution in [1.29, 1.82) is 0 Å². The molecule has 1 aliphatic rings. The number of carbonyl (C=O) groups excluding carboxylic acids is 1. The summed E-state index contributed by atoms with van der Waals surface area (Å²) in [5.74, 6) is 1.60. The summed E-state index contributed by atoms with van der Waals surface area (Å²) >= 11 is 0. The predicted molar refractivity (Wildman–Crippen MR) is 113 cm³/mol. The van der Waals surface area contributed by atoms with Gasteiger partial charge in [0.1, 0.15) is 11.6 Å². The molecule has 2 aromatic carbocycles. The molecule has 0 unspecified atom stereocenters. The zero-order valence-corrected chi connectivity index (χ0v) is 17.0. The van der Waals surface area contributed by atoms with Crippen LogP contribution in [-0.2, 0) is 24.2 Å². The highest BCUT2D eigenvalue weighted by Crippen LogP contribution is 2.25. The number of benzene rings is 2. The van der Waals surface area contributed by atoms with Gasteiger partial charge < -0.3 is 14.6 Å². The summed E-state index contributed by atoms with van der Waals surface area (Å²) in [5, 5.41) is 2.96. The first kappa shape index (κ1) is 19.2. The number of aromatic nitrogens is 2. The Bertz CT molecular complexity index is 992. The Labute approximate surface area is 171 Å². The SMILES string of the molecule is Cc1nccn1-c1ccc(CNC(=O)[C@H](C)Oc2ccc3c(c2)CCCC3)cc1. The molecule has 1 amide bonds. The number of hydrogen-bond donors (Lipinski definition) is 1. The van der Waals surface area contributed by atoms with Gasteiger partial charge in [-0.3, -0.25) is 4.79 Å². The van der Waals surface area contributed by atoms with Gasteiger partial charge in [-0.25, -0.2) is 4.98 Å². The molecule has 0 spiro atoms. The standard InChI is InChI=1S/C24H27N3O2/c1-17(29-23-12-9-20-5-3-4-6-21(20)15-23)24(28)26-16-19-7-10-22(11-8-19)27-14-13-25-18(27)2/h7-15,17H,3-6,16H2,1-2H3,(H,26,28)/t17-/m0/s1. The molecular formula is C24H27N3O2. The lowest BCUT2D eigenvalue weighted by Gasteiger charge is -2.19. The molecule has 3 aromatic rings. The zero-order chi connectivity index (χ0) is 20.2. The number of ether oxygens (including phenoxy) is 1. The molecule has 1 aliphatic carbocycles. The maximum absolute atomic E-state index is 12.5. The first-order chi connectivity index (χ1) is 14.1. The monoisotopic (exact) mass is 389 g/mol. The lowest BCUT2D eigenvalue weighted by atomic mass is 9.92. The van der Waals surface area contributed by atoms with E-state index in [0.717, 1.165) is 35.7 Å². The van der Waals surface area contributed by atoms with Crippen LogP contribution in [0.2, 0.25) is 0 Å². The van der Waals surface area contributed by atoms with Crippen molar-refractivity contribution in [3.8, 4) is 11.4 Å². The summed E-state index contributed by atoms with van der Waals surface area (Å²) in [5.41, 5.74) is 4.87. The highest BCUT2D eigenvalue weighted by molar-refractivity contribution is 5.80. The summed E-state index contributed by atoms with van der Waals surface area (Å²) in [6, 6.07) is 14.3. The summed E-state index contributed by atoms with van der Waals surface area (Å²) in [4.78, 5) is 16.7. The van der Waals surface area contributed by atoms with Crippen LogP contribution in [0, 0.1) is 6.92 Å². The first-order valence-corrected chi connectivity index (χ1v) is 10.3. The summed E-state index contributed by atoms with van der Waals surface area (Å²) < 4.78 is 7.91. The van der Waals surface area contributed by atoms with Crippen molar-refractivity contribution in [2.24, 2.45) is 0 Å². The lowest BCUT2D eigenvalue weighted by molar-refractivity contribution is -0.127. The fraction of sp³-hybridized carbons (Fsp3) is 0.333. The number of aryl methyl sites for hydroxylation is 3. The zero-order valence-electron chi connectivity index (χ0n) is 17.0. The van der Waals surface area contributed by atoms with E-state index in [4.69, 9.17) is 4.74 Å². The normalized spacial score (nSPS) is 14.1. The number of hydrogen-bond acceptors (Lipinski definition) is 3. The minimum Gasteiger partial charge on any atom is -0.481 e. The van der Waals surface area contributed by atoms with Gasteiger partial charge in [0.05, 0.1) is 0 Å². The molecule has 0 saturated heterocycles. The van der Waals surface area contributed by atoms with Crippen LogP contribution >= 0.6 is 0 Å². The number of carbonyl (C=O) groups is 1. The van der Waals surface area contributed by atoms with Gasteiger partial charge in [0.25, 0.3) is 5.91 Å². The van der Waals surface area contributed by atoms with E-state index in [1.807, 2.05) is 48.0 Å². The fourth-order valence-electron chi connectivity index (χ4n) is 3.80. The van der Waals surface area contributed by atoms with E-state index in [9.17, 15) is 4.79 Å². The van der Waals surface area contributed by atoms with Crippen molar-refractivity contribution in [3.05, 3.63) is 77.4 Å². The maximum atomic E-state index is 12.5. The second-order valence-corrected chi connectivity index (χ2v) is 7.63. The quantitative estimate of drug-likeness (QED) is 0.689. The van der Waals surface area contributed by atoms with Gasteiger partial charge in [-0.05, 0) is 80.5 Å². The second-order valence-electron chi connectivity index (χ2n) is 7.63. The first-order valence-electron chi connectivity index (χ1n) is 10.3. The lowest BCUT2D eigenvalue weighted by Crippen LogP contribution is -2.35. The molecule has 4 rings (SSSR count). The van der Waals surface area contributed by atoms with Crippen molar-refractivity contribution in [3.63, 3.8) is 0 Å². The second kappa shape index (κ2) is 8.52. The molecule has 0 aliphatic heterocycles. The van der Waals surface area contributed by atoms with E-state index in [0.29, 0.717) is 6.54 Å². The molecule has 1 N–H and O–H groups in total. The Morgan fingerprint density at radius 2 is 1.90 bits per heavy atom. The number of rotatable bonds is 6. The van der Waals surface area contributed by atoms with Crippen molar-refractivity contribution in [2.45, 2.75) is 52.2 Å². The molecule has 1 atom stereocenters. The smallest absolute Gasteiger partial charge is 0.261 e. The van der Waals surface area contributed by atoms with Crippen LogP contribution in [0.1, 0.15) is 42.3 Å². The predicted octanol–water partition coefficient (Wildman–Crippen LogP) is 4.14. The Kier molecular flexibility index (Phi) is 5.65. The molecule has 0 bridgehead atoms. The van der Waals surface area contributed by atoms with Crippen molar-refractivity contribution >= 4 is 5.91 Å². The molecule has 29 heavy (non-hydrogen) atoms. The van der Waals surface area contributed by atoms with Gasteiger partial charge in [0.2, 0.25) is 0 Å². The van der Waals surface area contributed by atoms with E-state index in [1.54, 1.807) is 13.1 Å². The van der Waals surface area contributed by atoms with Crippen LogP contribution < -0.4 is 10.1 Å². The average Bonchev–Trinajstić information content (AvgIpc) is 3.18. The van der Waals surface area contributed by atoms with Crippen molar-refractivity contribution < 1.29 is 9.53 Å². The molecule has 0 fully saturated rings. The summed E-state index contributed by atoms with van der Waals surface area (Å²) in [7, 11) is 0. The molecule has 5 nitrogen and oxygen atoms in total. The van der Waals surface area contributed by atoms with Crippen LogP contribution in [0.4, 0.5) is 0 Å². The molecule has 0 radical (unpaired) electrons. The van der Waals surface area contributed by atoms with Gasteiger partial charge in [-0.2, -0.15) is 0 Å². The van der Waals surface area contributed by atoms with Gasteiger partial charge in [0.15, 0.2) is 6.10 Å². The molecule has 1 heterocycles. The van der Waals surface area contributed by atoms with Crippen molar-refractivity contribution in [1.82, 2.24) is 14.9 Å². The average molecular weight is 389 g/mol. The Morgan fingerprint density at radius 3 is 2.62 bits per heavy atom. The van der Waals surface area contributed by atoms with Crippen LogP contribution in [0.5, 0.6) is 5.75 Å². The topological polar surface area (TPSA) is 56.2 Å². The molecule has 1 aromatic heterocycles. The molecule has 0 saturated carbocycles. The van der Waals surface area contributed by atoms with E-state index in [1.165, 1.54) is 24.0 Å². The fourth-order valence-corrected chi connectivity index (χ4v) is 3.80. The number of nitrogens with one attached hydrogen (secondary N) is 1.